The lowest BCUT2D eigenvalue weighted by Gasteiger charge is -2.48. The molecule has 1 atom stereocenters. The van der Waals surface area contributed by atoms with Crippen LogP contribution in [0, 0.1) is 29.1 Å². The fraction of sp³-hybridized carbons (Fsp3) is 0.652. The first kappa shape index (κ1) is 27.9. The van der Waals surface area contributed by atoms with Gasteiger partial charge in [0.15, 0.2) is 23.3 Å². The first-order chi connectivity index (χ1) is 15.0. The van der Waals surface area contributed by atoms with E-state index in [1.807, 2.05) is 60.3 Å². The summed E-state index contributed by atoms with van der Waals surface area (Å²) in [7, 11) is -3.57. The normalized spacial score (nSPS) is 13.5. The van der Waals surface area contributed by atoms with Crippen LogP contribution in [0.4, 0.5) is 27.8 Å². The molecule has 0 saturated carbocycles. The summed E-state index contributed by atoms with van der Waals surface area (Å²) >= 11 is 0. The summed E-state index contributed by atoms with van der Waals surface area (Å²) in [5.41, 5.74) is -0.855. The fourth-order valence-electron chi connectivity index (χ4n) is 4.52. The summed E-state index contributed by atoms with van der Waals surface area (Å²) in [6.07, 6.45) is 0. The molecule has 3 nitrogen and oxygen atoms in total. The summed E-state index contributed by atoms with van der Waals surface area (Å²) in [5.74, 6) is -8.96. The molecule has 0 saturated heterocycles. The van der Waals surface area contributed by atoms with E-state index in [-0.39, 0.29) is 24.2 Å². The Morgan fingerprint density at radius 1 is 0.636 bits per heavy atom. The van der Waals surface area contributed by atoms with E-state index in [2.05, 4.69) is 24.3 Å². The fourth-order valence-corrected chi connectivity index (χ4v) is 11.1. The van der Waals surface area contributed by atoms with Gasteiger partial charge in [0.2, 0.25) is 5.82 Å². The number of aromatic nitrogens is 1. The van der Waals surface area contributed by atoms with Crippen LogP contribution in [0.1, 0.15) is 55.4 Å². The largest absolute Gasteiger partial charge is 0.352 e. The molecular formula is C23H37F5N3PSi. The maximum Gasteiger partial charge on any atom is 0.200 e. The first-order valence-corrected chi connectivity index (χ1v) is 16.1. The minimum atomic E-state index is -2.14. The van der Waals surface area contributed by atoms with Crippen molar-refractivity contribution in [3.05, 3.63) is 29.1 Å². The predicted octanol–water partition coefficient (Wildman–Crippen LogP) is 7.08. The minimum Gasteiger partial charge on any atom is -0.352 e. The summed E-state index contributed by atoms with van der Waals surface area (Å²) in [6.45, 7) is 22.3. The van der Waals surface area contributed by atoms with E-state index < -0.39 is 50.7 Å². The lowest BCUT2D eigenvalue weighted by atomic mass is 10.2. The quantitative estimate of drug-likeness (QED) is 0.163. The van der Waals surface area contributed by atoms with Gasteiger partial charge in [-0.1, -0.05) is 19.6 Å². The van der Waals surface area contributed by atoms with Gasteiger partial charge in [-0.3, -0.25) is 4.33 Å². The zero-order chi connectivity index (χ0) is 25.7. The van der Waals surface area contributed by atoms with Gasteiger partial charge in [-0.2, -0.15) is 0 Å². The average Bonchev–Trinajstić information content (AvgIpc) is 2.64. The highest BCUT2D eigenvalue weighted by Gasteiger charge is 2.43. The van der Waals surface area contributed by atoms with Gasteiger partial charge in [0.1, 0.15) is 11.5 Å². The Kier molecular flexibility index (Phi) is 8.25. The number of halogens is 5. The highest BCUT2D eigenvalue weighted by atomic mass is 31.1. The van der Waals surface area contributed by atoms with E-state index in [9.17, 15) is 13.2 Å². The van der Waals surface area contributed by atoms with Crippen molar-refractivity contribution in [2.45, 2.75) is 99.2 Å². The van der Waals surface area contributed by atoms with E-state index in [0.29, 0.717) is 5.82 Å². The molecule has 0 amide bonds. The van der Waals surface area contributed by atoms with Gasteiger partial charge in [-0.15, -0.1) is 0 Å². The van der Waals surface area contributed by atoms with Crippen LogP contribution in [-0.2, 0) is 0 Å². The second-order valence-electron chi connectivity index (χ2n) is 10.6. The third-order valence-electron chi connectivity index (χ3n) is 5.54. The van der Waals surface area contributed by atoms with E-state index in [1.54, 1.807) is 0 Å². The van der Waals surface area contributed by atoms with E-state index in [1.165, 1.54) is 4.33 Å². The van der Waals surface area contributed by atoms with E-state index >= 15 is 8.78 Å². The Morgan fingerprint density at radius 3 is 1.30 bits per heavy atom. The van der Waals surface area contributed by atoms with Crippen LogP contribution in [0.3, 0.4) is 0 Å². The molecule has 0 fully saturated rings. The third-order valence-corrected chi connectivity index (χ3v) is 12.5. The van der Waals surface area contributed by atoms with Gasteiger partial charge < -0.3 is 4.90 Å². The minimum absolute atomic E-state index is 0.000624. The lowest BCUT2D eigenvalue weighted by Crippen LogP contribution is -2.54. The molecule has 0 N–H and O–H groups in total. The van der Waals surface area contributed by atoms with Crippen molar-refractivity contribution in [3.63, 3.8) is 0 Å². The molecule has 1 aromatic carbocycles. The number of hydrogen-bond acceptors (Lipinski definition) is 2. The summed E-state index contributed by atoms with van der Waals surface area (Å²) in [6, 6.07) is -0.0868. The van der Waals surface area contributed by atoms with Gasteiger partial charge >= 0.3 is 0 Å². The van der Waals surface area contributed by atoms with Crippen molar-refractivity contribution in [2.75, 3.05) is 9.57 Å². The molecule has 0 aliphatic heterocycles. The second-order valence-corrected chi connectivity index (χ2v) is 17.9. The topological polar surface area (TPSA) is 11.4 Å². The van der Waals surface area contributed by atoms with Crippen molar-refractivity contribution in [1.29, 1.82) is 0 Å². The average molecular weight is 510 g/mol. The highest BCUT2D eigenvalue weighted by Crippen LogP contribution is 2.49. The van der Waals surface area contributed by atoms with Crippen molar-refractivity contribution >= 4 is 26.7 Å². The maximum absolute atomic E-state index is 15.2. The van der Waals surface area contributed by atoms with Crippen molar-refractivity contribution in [3.8, 4) is 5.69 Å². The standard InChI is InChI=1S/C23H37F5N3PSi/c1-12(2)29(13(3)4)22-23(33(9,10)11)32(30(14(5)6)15(7)8)31(22)21-19(27)17(25)16(24)18(26)20(21)28/h12-15H,1-11H3. The van der Waals surface area contributed by atoms with Crippen molar-refractivity contribution in [2.24, 2.45) is 0 Å². The van der Waals surface area contributed by atoms with Gasteiger partial charge in [-0.25, -0.2) is 26.6 Å². The number of benzene rings is 1. The van der Waals surface area contributed by atoms with Crippen molar-refractivity contribution < 1.29 is 22.0 Å². The Bertz CT molecular complexity index is 924. The van der Waals surface area contributed by atoms with Crippen LogP contribution >= 0.6 is 7.84 Å². The second kappa shape index (κ2) is 9.74. The van der Waals surface area contributed by atoms with E-state index in [0.717, 1.165) is 4.92 Å². The molecule has 188 valence electrons. The van der Waals surface area contributed by atoms with Gasteiger partial charge in [-0.05, 0) is 55.4 Å². The van der Waals surface area contributed by atoms with Gasteiger partial charge in [0, 0.05) is 36.9 Å². The van der Waals surface area contributed by atoms with Crippen LogP contribution in [0.15, 0.2) is 0 Å². The lowest BCUT2D eigenvalue weighted by molar-refractivity contribution is 0.376. The predicted molar refractivity (Wildman–Crippen MR) is 132 cm³/mol. The monoisotopic (exact) mass is 509 g/mol. The molecule has 0 bridgehead atoms. The molecular weight excluding hydrogens is 472 g/mol. The molecule has 2 rings (SSSR count). The van der Waals surface area contributed by atoms with E-state index in [4.69, 9.17) is 0 Å². The molecule has 0 spiro atoms. The van der Waals surface area contributed by atoms with Crippen LogP contribution < -0.4 is 14.5 Å². The Hall–Kier alpha value is -1.31. The zero-order valence-corrected chi connectivity index (χ0v) is 23.4. The number of hydrogen-bond donors (Lipinski definition) is 0. The van der Waals surface area contributed by atoms with Crippen LogP contribution in [0.5, 0.6) is 0 Å². The molecule has 2 aromatic rings. The maximum atomic E-state index is 15.2. The molecule has 1 aromatic heterocycles. The molecule has 33 heavy (non-hydrogen) atoms. The van der Waals surface area contributed by atoms with Crippen LogP contribution in [0.2, 0.25) is 19.6 Å². The Labute approximate surface area is 196 Å². The van der Waals surface area contributed by atoms with Crippen LogP contribution in [-0.4, -0.2) is 36.6 Å². The molecule has 0 aliphatic rings. The van der Waals surface area contributed by atoms with Gasteiger partial charge in [0.25, 0.3) is 0 Å². The zero-order valence-electron chi connectivity index (χ0n) is 21.5. The Morgan fingerprint density at radius 2 is 1.00 bits per heavy atom. The Balaban J connectivity index is 3.17. The molecule has 0 aliphatic carbocycles. The van der Waals surface area contributed by atoms with Crippen LogP contribution in [0.25, 0.3) is 5.69 Å². The van der Waals surface area contributed by atoms with Crippen molar-refractivity contribution in [1.82, 2.24) is 4.33 Å². The van der Waals surface area contributed by atoms with Gasteiger partial charge in [0.05, 0.1) is 8.07 Å². The third kappa shape index (κ3) is 4.78. The summed E-state index contributed by atoms with van der Waals surface area (Å²) in [4.78, 5) is 3.13. The summed E-state index contributed by atoms with van der Waals surface area (Å²) in [5, 5.41) is 0. The SMILES string of the molecule is CC(C)N(c1c([Si](C)(C)C)p(N(C(C)C)C(C)C)n1-c1c(F)c(F)c(F)c(F)c1F)C(C)C. The number of rotatable bonds is 8. The highest BCUT2D eigenvalue weighted by molar-refractivity contribution is 7.58. The molecule has 10 heteroatoms. The smallest absolute Gasteiger partial charge is 0.200 e. The summed E-state index contributed by atoms with van der Waals surface area (Å²) < 4.78 is 76.5. The number of anilines is 1. The number of nitrogens with zero attached hydrogens (tertiary/aromatic N) is 3. The first-order valence-electron chi connectivity index (χ1n) is 11.4. The molecule has 1 heterocycles. The molecule has 0 radical (unpaired) electrons. The molecule has 1 unspecified atom stereocenters.